The maximum atomic E-state index is 12.3. The molecule has 2 N–H and O–H groups in total. The lowest BCUT2D eigenvalue weighted by Gasteiger charge is -2.35. The van der Waals surface area contributed by atoms with Crippen molar-refractivity contribution >= 4 is 11.6 Å². The van der Waals surface area contributed by atoms with E-state index in [1.807, 2.05) is 36.2 Å². The predicted octanol–water partition coefficient (Wildman–Crippen LogP) is 1.75. The fourth-order valence-electron chi connectivity index (χ4n) is 2.77. The molecule has 0 aromatic heterocycles. The fourth-order valence-corrected chi connectivity index (χ4v) is 2.77. The van der Waals surface area contributed by atoms with E-state index in [0.29, 0.717) is 12.5 Å². The third-order valence-corrected chi connectivity index (χ3v) is 4.29. The average molecular weight is 275 g/mol. The van der Waals surface area contributed by atoms with Gasteiger partial charge in [-0.1, -0.05) is 18.2 Å². The number of aryl methyl sites for hydroxylation is 1. The number of benzene rings is 1. The zero-order chi connectivity index (χ0) is 14.5. The molecule has 4 nitrogen and oxygen atoms in total. The molecule has 0 spiro atoms. The largest absolute Gasteiger partial charge is 0.399 e. The molecule has 1 aliphatic rings. The number of nitrogen functional groups attached to an aromatic ring is 1. The van der Waals surface area contributed by atoms with E-state index in [9.17, 15) is 4.79 Å². The van der Waals surface area contributed by atoms with Gasteiger partial charge in [0.05, 0.1) is 0 Å². The number of rotatable bonds is 4. The molecular formula is C16H25N3O. The van der Waals surface area contributed by atoms with Gasteiger partial charge in [0.1, 0.15) is 0 Å². The summed E-state index contributed by atoms with van der Waals surface area (Å²) >= 11 is 0. The van der Waals surface area contributed by atoms with Crippen molar-refractivity contribution in [2.24, 2.45) is 0 Å². The van der Waals surface area contributed by atoms with Gasteiger partial charge in [0.15, 0.2) is 0 Å². The van der Waals surface area contributed by atoms with Crippen LogP contribution in [0.3, 0.4) is 0 Å². The van der Waals surface area contributed by atoms with Crippen LogP contribution in [0.5, 0.6) is 0 Å². The minimum atomic E-state index is 0.225. The van der Waals surface area contributed by atoms with Crippen molar-refractivity contribution in [3.8, 4) is 0 Å². The molecule has 110 valence electrons. The third kappa shape index (κ3) is 3.73. The van der Waals surface area contributed by atoms with E-state index in [0.717, 1.165) is 43.6 Å². The molecule has 0 unspecified atom stereocenters. The van der Waals surface area contributed by atoms with Gasteiger partial charge in [0, 0.05) is 25.2 Å². The smallest absolute Gasteiger partial charge is 0.222 e. The first-order chi connectivity index (χ1) is 9.58. The third-order valence-electron chi connectivity index (χ3n) is 4.29. The van der Waals surface area contributed by atoms with E-state index in [-0.39, 0.29) is 5.91 Å². The van der Waals surface area contributed by atoms with Crippen molar-refractivity contribution < 1.29 is 4.79 Å². The first kappa shape index (κ1) is 14.9. The summed E-state index contributed by atoms with van der Waals surface area (Å²) in [6.07, 6.45) is 3.41. The Hall–Kier alpha value is -1.55. The summed E-state index contributed by atoms with van der Waals surface area (Å²) in [6, 6.07) is 8.17. The Labute approximate surface area is 121 Å². The number of piperidine rings is 1. The van der Waals surface area contributed by atoms with E-state index in [1.165, 1.54) is 0 Å². The lowest BCUT2D eigenvalue weighted by Crippen LogP contribution is -2.44. The molecule has 1 saturated heterocycles. The number of likely N-dealkylation sites (tertiary alicyclic amines) is 1. The molecule has 0 saturated carbocycles. The first-order valence-electron chi connectivity index (χ1n) is 7.35. The Balaban J connectivity index is 1.84. The van der Waals surface area contributed by atoms with Crippen LogP contribution in [0, 0.1) is 0 Å². The standard InChI is InChI=1S/C16H25N3O/c1-18-11-9-14(10-12-18)19(2)16(20)8-7-13-5-3-4-6-15(13)17/h3-6,14H,7-12,17H2,1-2H3. The number of carbonyl (C=O) groups is 1. The van der Waals surface area contributed by atoms with Gasteiger partial charge in [-0.05, 0) is 51.0 Å². The summed E-state index contributed by atoms with van der Waals surface area (Å²) in [4.78, 5) is 16.5. The van der Waals surface area contributed by atoms with E-state index >= 15 is 0 Å². The van der Waals surface area contributed by atoms with Crippen LogP contribution in [0.2, 0.25) is 0 Å². The summed E-state index contributed by atoms with van der Waals surface area (Å²) in [6.45, 7) is 2.15. The number of nitrogens with zero attached hydrogens (tertiary/aromatic N) is 2. The van der Waals surface area contributed by atoms with Crippen molar-refractivity contribution in [1.29, 1.82) is 0 Å². The molecule has 1 aromatic carbocycles. The number of hydrogen-bond donors (Lipinski definition) is 1. The van der Waals surface area contributed by atoms with E-state index < -0.39 is 0 Å². The highest BCUT2D eigenvalue weighted by atomic mass is 16.2. The van der Waals surface area contributed by atoms with Crippen LogP contribution in [0.4, 0.5) is 5.69 Å². The van der Waals surface area contributed by atoms with Crippen LogP contribution in [0.25, 0.3) is 0 Å². The van der Waals surface area contributed by atoms with Crippen LogP contribution in [0.1, 0.15) is 24.8 Å². The van der Waals surface area contributed by atoms with Gasteiger partial charge >= 0.3 is 0 Å². The molecule has 2 rings (SSSR count). The molecule has 1 heterocycles. The number of hydrogen-bond acceptors (Lipinski definition) is 3. The van der Waals surface area contributed by atoms with Crippen molar-refractivity contribution in [3.05, 3.63) is 29.8 Å². The molecule has 1 aromatic rings. The highest BCUT2D eigenvalue weighted by molar-refractivity contribution is 5.76. The van der Waals surface area contributed by atoms with Crippen molar-refractivity contribution in [2.75, 3.05) is 32.9 Å². The monoisotopic (exact) mass is 275 g/mol. The maximum absolute atomic E-state index is 12.3. The topological polar surface area (TPSA) is 49.6 Å². The van der Waals surface area contributed by atoms with Crippen LogP contribution in [-0.2, 0) is 11.2 Å². The summed E-state index contributed by atoms with van der Waals surface area (Å²) in [5, 5.41) is 0. The van der Waals surface area contributed by atoms with Crippen molar-refractivity contribution in [3.63, 3.8) is 0 Å². The Morgan fingerprint density at radius 2 is 2.00 bits per heavy atom. The van der Waals surface area contributed by atoms with Crippen LogP contribution >= 0.6 is 0 Å². The Bertz CT molecular complexity index is 453. The molecule has 1 aliphatic heterocycles. The summed E-state index contributed by atoms with van der Waals surface area (Å²) in [7, 11) is 4.07. The molecule has 0 atom stereocenters. The van der Waals surface area contributed by atoms with Gasteiger partial charge in [-0.3, -0.25) is 4.79 Å². The molecule has 0 aliphatic carbocycles. The lowest BCUT2D eigenvalue weighted by molar-refractivity contribution is -0.132. The predicted molar refractivity (Wildman–Crippen MR) is 82.5 cm³/mol. The van der Waals surface area contributed by atoms with Gasteiger partial charge in [-0.2, -0.15) is 0 Å². The second-order valence-corrected chi connectivity index (χ2v) is 5.74. The molecular weight excluding hydrogens is 250 g/mol. The van der Waals surface area contributed by atoms with Gasteiger partial charge in [-0.15, -0.1) is 0 Å². The van der Waals surface area contributed by atoms with E-state index in [4.69, 9.17) is 5.73 Å². The summed E-state index contributed by atoms with van der Waals surface area (Å²) in [5.41, 5.74) is 7.76. The molecule has 4 heteroatoms. The normalized spacial score (nSPS) is 17.1. The highest BCUT2D eigenvalue weighted by Crippen LogP contribution is 2.17. The van der Waals surface area contributed by atoms with Crippen LogP contribution in [-0.4, -0.2) is 48.9 Å². The number of nitrogens with two attached hydrogens (primary N) is 1. The number of amides is 1. The Morgan fingerprint density at radius 1 is 1.35 bits per heavy atom. The van der Waals surface area contributed by atoms with Gasteiger partial charge in [0.2, 0.25) is 5.91 Å². The minimum absolute atomic E-state index is 0.225. The summed E-state index contributed by atoms with van der Waals surface area (Å²) in [5.74, 6) is 0.225. The molecule has 0 bridgehead atoms. The maximum Gasteiger partial charge on any atom is 0.222 e. The average Bonchev–Trinajstić information content (AvgIpc) is 2.46. The molecule has 1 fully saturated rings. The number of para-hydroxylation sites is 1. The molecule has 1 amide bonds. The van der Waals surface area contributed by atoms with Crippen LogP contribution < -0.4 is 5.73 Å². The quantitative estimate of drug-likeness (QED) is 0.852. The Kier molecular flexibility index (Phi) is 5.01. The van der Waals surface area contributed by atoms with Crippen LogP contribution in [0.15, 0.2) is 24.3 Å². The highest BCUT2D eigenvalue weighted by Gasteiger charge is 2.23. The van der Waals surface area contributed by atoms with E-state index in [1.54, 1.807) is 0 Å². The van der Waals surface area contributed by atoms with Gasteiger partial charge in [-0.25, -0.2) is 0 Å². The van der Waals surface area contributed by atoms with Crippen molar-refractivity contribution in [1.82, 2.24) is 9.80 Å². The first-order valence-corrected chi connectivity index (χ1v) is 7.35. The fraction of sp³-hybridized carbons (Fsp3) is 0.562. The second-order valence-electron chi connectivity index (χ2n) is 5.74. The number of anilines is 1. The van der Waals surface area contributed by atoms with Crippen molar-refractivity contribution in [2.45, 2.75) is 31.7 Å². The summed E-state index contributed by atoms with van der Waals surface area (Å²) < 4.78 is 0. The minimum Gasteiger partial charge on any atom is -0.399 e. The zero-order valence-electron chi connectivity index (χ0n) is 12.5. The Morgan fingerprint density at radius 3 is 2.65 bits per heavy atom. The van der Waals surface area contributed by atoms with Gasteiger partial charge in [0.25, 0.3) is 0 Å². The lowest BCUT2D eigenvalue weighted by atomic mass is 10.0. The SMILES string of the molecule is CN1CCC(N(C)C(=O)CCc2ccccc2N)CC1. The molecule has 0 radical (unpaired) electrons. The molecule has 20 heavy (non-hydrogen) atoms. The van der Waals surface area contributed by atoms with Gasteiger partial charge < -0.3 is 15.5 Å². The zero-order valence-corrected chi connectivity index (χ0v) is 12.5. The second kappa shape index (κ2) is 6.75. The van der Waals surface area contributed by atoms with E-state index in [2.05, 4.69) is 11.9 Å². The number of carbonyl (C=O) groups excluding carboxylic acids is 1.